The molecule has 4 aromatic carbocycles. The van der Waals surface area contributed by atoms with E-state index >= 15 is 4.39 Å². The van der Waals surface area contributed by atoms with Crippen molar-refractivity contribution >= 4 is 10.8 Å². The predicted molar refractivity (Wildman–Crippen MR) is 135 cm³/mol. The van der Waals surface area contributed by atoms with Crippen molar-refractivity contribution in [1.82, 2.24) is 0 Å². The second-order valence-corrected chi connectivity index (χ2v) is 8.40. The number of rotatable bonds is 8. The van der Waals surface area contributed by atoms with Crippen molar-refractivity contribution in [2.24, 2.45) is 0 Å². The summed E-state index contributed by atoms with van der Waals surface area (Å²) in [5, 5.41) is 1.22. The highest BCUT2D eigenvalue weighted by Gasteiger charge is 2.10. The maximum atomic E-state index is 15.1. The highest BCUT2D eigenvalue weighted by molar-refractivity contribution is 5.85. The van der Waals surface area contributed by atoms with E-state index in [9.17, 15) is 13.2 Å². The van der Waals surface area contributed by atoms with Crippen LogP contribution in [0.2, 0.25) is 0 Å². The molecule has 0 aromatic heterocycles. The van der Waals surface area contributed by atoms with Gasteiger partial charge in [0.25, 0.3) is 0 Å². The normalized spacial score (nSPS) is 10.8. The van der Waals surface area contributed by atoms with Crippen molar-refractivity contribution in [1.29, 1.82) is 0 Å². The average molecular weight is 489 g/mol. The first-order chi connectivity index (χ1) is 17.4. The molecule has 0 heterocycles. The van der Waals surface area contributed by atoms with Crippen LogP contribution >= 0.6 is 0 Å². The molecule has 0 unspecified atom stereocenters. The summed E-state index contributed by atoms with van der Waals surface area (Å²) in [7, 11) is 0. The zero-order valence-electron chi connectivity index (χ0n) is 19.5. The van der Waals surface area contributed by atoms with Gasteiger partial charge in [-0.3, -0.25) is 0 Å². The molecule has 5 heteroatoms. The third kappa shape index (κ3) is 6.34. The van der Waals surface area contributed by atoms with Gasteiger partial charge in [-0.05, 0) is 72.0 Å². The van der Waals surface area contributed by atoms with Gasteiger partial charge >= 0.3 is 6.61 Å². The van der Waals surface area contributed by atoms with Crippen LogP contribution in [-0.4, -0.2) is 6.61 Å². The zero-order valence-corrected chi connectivity index (χ0v) is 19.5. The fourth-order valence-electron chi connectivity index (χ4n) is 3.93. The van der Waals surface area contributed by atoms with Crippen molar-refractivity contribution < 1.29 is 22.3 Å². The fraction of sp³-hybridized carbons (Fsp3) is 0.161. The fourth-order valence-corrected chi connectivity index (χ4v) is 3.93. The first kappa shape index (κ1) is 25.1. The minimum Gasteiger partial charge on any atom is -0.432 e. The van der Waals surface area contributed by atoms with Crippen LogP contribution in [0.15, 0.2) is 85.5 Å². The van der Waals surface area contributed by atoms with Gasteiger partial charge in [0, 0.05) is 10.9 Å². The third-order valence-corrected chi connectivity index (χ3v) is 5.87. The van der Waals surface area contributed by atoms with Crippen LogP contribution in [0.25, 0.3) is 10.8 Å². The Morgan fingerprint density at radius 3 is 2.17 bits per heavy atom. The molecular formula is C31H24F4O. The molecule has 0 aliphatic heterocycles. The van der Waals surface area contributed by atoms with Crippen molar-refractivity contribution in [3.05, 3.63) is 125 Å². The van der Waals surface area contributed by atoms with E-state index in [1.165, 1.54) is 17.2 Å². The number of allylic oxidation sites excluding steroid dienone is 1. The third-order valence-electron chi connectivity index (χ3n) is 5.87. The van der Waals surface area contributed by atoms with Crippen molar-refractivity contribution in [2.45, 2.75) is 32.3 Å². The van der Waals surface area contributed by atoms with Crippen molar-refractivity contribution in [3.8, 4) is 17.6 Å². The molecule has 36 heavy (non-hydrogen) atoms. The summed E-state index contributed by atoms with van der Waals surface area (Å²) in [4.78, 5) is 0. The van der Waals surface area contributed by atoms with Crippen LogP contribution < -0.4 is 4.74 Å². The zero-order chi connectivity index (χ0) is 25.5. The summed E-state index contributed by atoms with van der Waals surface area (Å²) in [5.74, 6) is 3.39. The first-order valence-corrected chi connectivity index (χ1v) is 11.6. The molecule has 0 bridgehead atoms. The van der Waals surface area contributed by atoms with Gasteiger partial charge in [-0.15, -0.1) is 6.58 Å². The maximum absolute atomic E-state index is 15.1. The predicted octanol–water partition coefficient (Wildman–Crippen LogP) is 8.02. The second kappa shape index (κ2) is 11.6. The molecule has 0 aliphatic rings. The topological polar surface area (TPSA) is 9.23 Å². The largest absolute Gasteiger partial charge is 0.432 e. The molecule has 4 aromatic rings. The molecule has 182 valence electrons. The van der Waals surface area contributed by atoms with E-state index in [0.29, 0.717) is 5.39 Å². The van der Waals surface area contributed by atoms with Gasteiger partial charge in [-0.1, -0.05) is 66.4 Å². The summed E-state index contributed by atoms with van der Waals surface area (Å²) in [6, 6.07) is 21.0. The van der Waals surface area contributed by atoms with Gasteiger partial charge in [-0.25, -0.2) is 8.78 Å². The molecule has 0 atom stereocenters. The van der Waals surface area contributed by atoms with Crippen molar-refractivity contribution in [2.75, 3.05) is 0 Å². The lowest BCUT2D eigenvalue weighted by Crippen LogP contribution is -2.03. The molecule has 0 aliphatic carbocycles. The van der Waals surface area contributed by atoms with Gasteiger partial charge in [0.15, 0.2) is 11.6 Å². The lowest BCUT2D eigenvalue weighted by molar-refractivity contribution is -0.0521. The molecule has 4 rings (SSSR count). The molecule has 0 radical (unpaired) electrons. The Bertz CT molecular complexity index is 1430. The Balaban J connectivity index is 1.46. The first-order valence-electron chi connectivity index (χ1n) is 11.6. The summed E-state index contributed by atoms with van der Waals surface area (Å²) >= 11 is 0. The number of halogens is 4. The molecule has 0 amide bonds. The minimum atomic E-state index is -3.12. The van der Waals surface area contributed by atoms with E-state index in [1.54, 1.807) is 18.2 Å². The van der Waals surface area contributed by atoms with E-state index in [4.69, 9.17) is 0 Å². The number of hydrogen-bond acceptors (Lipinski definition) is 1. The maximum Gasteiger partial charge on any atom is 0.387 e. The summed E-state index contributed by atoms with van der Waals surface area (Å²) in [6.07, 6.45) is 5.60. The number of alkyl halides is 2. The molecule has 0 N–H and O–H groups in total. The van der Waals surface area contributed by atoms with Crippen LogP contribution in [-0.2, 0) is 19.3 Å². The summed E-state index contributed by atoms with van der Waals surface area (Å²) in [5.41, 5.74) is 4.04. The van der Waals surface area contributed by atoms with E-state index < -0.39 is 24.0 Å². The highest BCUT2D eigenvalue weighted by atomic mass is 19.3. The number of ether oxygens (including phenoxy) is 1. The van der Waals surface area contributed by atoms with Crippen LogP contribution in [0.3, 0.4) is 0 Å². The Morgan fingerprint density at radius 2 is 1.47 bits per heavy atom. The average Bonchev–Trinajstić information content (AvgIpc) is 2.87. The van der Waals surface area contributed by atoms with Gasteiger partial charge in [0.2, 0.25) is 0 Å². The van der Waals surface area contributed by atoms with E-state index in [-0.39, 0.29) is 11.1 Å². The summed E-state index contributed by atoms with van der Waals surface area (Å²) < 4.78 is 57.6. The van der Waals surface area contributed by atoms with E-state index in [2.05, 4.69) is 47.4 Å². The number of hydrogen-bond donors (Lipinski definition) is 0. The van der Waals surface area contributed by atoms with E-state index in [0.717, 1.165) is 48.8 Å². The molecule has 1 nitrogen and oxygen atoms in total. The SMILES string of the molecule is C=CCCc1ccc(CCc2ccc3c(F)c(C#Cc4ccc(OC(F)F)c(F)c4)ccc3c2)cc1. The lowest BCUT2D eigenvalue weighted by atomic mass is 9.98. The van der Waals surface area contributed by atoms with Gasteiger partial charge in [0.1, 0.15) is 5.82 Å². The summed E-state index contributed by atoms with van der Waals surface area (Å²) in [6.45, 7) is 0.634. The second-order valence-electron chi connectivity index (χ2n) is 8.40. The number of aryl methyl sites for hydroxylation is 3. The Labute approximate surface area is 208 Å². The molecule has 0 fully saturated rings. The Hall–Kier alpha value is -4.04. The van der Waals surface area contributed by atoms with Crippen LogP contribution in [0.1, 0.15) is 34.2 Å². The van der Waals surface area contributed by atoms with Crippen molar-refractivity contribution in [3.63, 3.8) is 0 Å². The Morgan fingerprint density at radius 1 is 0.778 bits per heavy atom. The number of benzene rings is 4. The van der Waals surface area contributed by atoms with Gasteiger partial charge in [-0.2, -0.15) is 8.78 Å². The quantitative estimate of drug-likeness (QED) is 0.139. The molecular weight excluding hydrogens is 464 g/mol. The lowest BCUT2D eigenvalue weighted by Gasteiger charge is -2.07. The van der Waals surface area contributed by atoms with Gasteiger partial charge in [0.05, 0.1) is 5.56 Å². The highest BCUT2D eigenvalue weighted by Crippen LogP contribution is 2.24. The Kier molecular flexibility index (Phi) is 8.07. The van der Waals surface area contributed by atoms with Crippen LogP contribution in [0.5, 0.6) is 5.75 Å². The monoisotopic (exact) mass is 488 g/mol. The minimum absolute atomic E-state index is 0.167. The van der Waals surface area contributed by atoms with Gasteiger partial charge < -0.3 is 4.74 Å². The molecule has 0 saturated heterocycles. The molecule has 0 spiro atoms. The number of fused-ring (bicyclic) bond motifs is 1. The standard InChI is InChI=1S/C31H24F4O/c1-2-3-4-21-5-7-22(8-6-21)9-10-23-12-17-27-26(19-23)16-15-25(30(27)33)14-11-24-13-18-29(28(32)20-24)36-31(34)35/h2,5-8,12-13,15-20,31H,1,3-4,9-10H2. The smallest absolute Gasteiger partial charge is 0.387 e. The van der Waals surface area contributed by atoms with Crippen LogP contribution in [0, 0.1) is 23.5 Å². The molecule has 0 saturated carbocycles. The van der Waals surface area contributed by atoms with Crippen LogP contribution in [0.4, 0.5) is 17.6 Å². The van der Waals surface area contributed by atoms with E-state index in [1.807, 2.05) is 18.2 Å².